The lowest BCUT2D eigenvalue weighted by Gasteiger charge is -2.44. The van der Waals surface area contributed by atoms with Gasteiger partial charge in [-0.2, -0.15) is 0 Å². The monoisotopic (exact) mass is 381 g/mol. The largest absolute Gasteiger partial charge is 0.469 e. The molecule has 2 heterocycles. The van der Waals surface area contributed by atoms with Crippen molar-refractivity contribution in [2.24, 2.45) is 11.3 Å². The van der Waals surface area contributed by atoms with Crippen LogP contribution in [0.25, 0.3) is 0 Å². The van der Waals surface area contributed by atoms with Gasteiger partial charge in [0.25, 0.3) is 0 Å². The van der Waals surface area contributed by atoms with Crippen molar-refractivity contribution in [3.05, 3.63) is 29.8 Å². The lowest BCUT2D eigenvalue weighted by molar-refractivity contribution is -0.216. The number of ether oxygens (including phenoxy) is 3. The number of carbonyl (C=O) groups is 2. The summed E-state index contributed by atoms with van der Waals surface area (Å²) in [4.78, 5) is 26.9. The number of methoxy groups -OCH3 is 1. The minimum atomic E-state index is -0.990. The van der Waals surface area contributed by atoms with Crippen molar-refractivity contribution < 1.29 is 32.6 Å². The third kappa shape index (κ3) is 3.10. The Labute approximate surface area is 155 Å². The Hall–Kier alpha value is -2.06. The lowest BCUT2D eigenvalue weighted by Crippen LogP contribution is -2.51. The van der Waals surface area contributed by atoms with Gasteiger partial charge in [-0.05, 0) is 25.0 Å². The number of esters is 1. The summed E-state index contributed by atoms with van der Waals surface area (Å²) in [6.07, 6.45) is 1.41. The fraction of sp³-hybridized carbons (Fsp3) is 0.579. The Morgan fingerprint density at radius 1 is 1.19 bits per heavy atom. The number of hydrogen-bond acceptors (Lipinski definition) is 5. The van der Waals surface area contributed by atoms with E-state index in [0.717, 1.165) is 18.2 Å². The molecule has 2 saturated heterocycles. The summed E-state index contributed by atoms with van der Waals surface area (Å²) in [5.74, 6) is -3.68. The molecule has 6 nitrogen and oxygen atoms in total. The van der Waals surface area contributed by atoms with Gasteiger partial charge in [0.05, 0.1) is 31.7 Å². The molecule has 8 heteroatoms. The number of halogens is 2. The van der Waals surface area contributed by atoms with Crippen molar-refractivity contribution in [3.8, 4) is 0 Å². The van der Waals surface area contributed by atoms with E-state index in [1.165, 1.54) is 12.0 Å². The summed E-state index contributed by atoms with van der Waals surface area (Å²) in [6.45, 7) is 1.11. The molecule has 27 heavy (non-hydrogen) atoms. The third-order valence-corrected chi connectivity index (χ3v) is 5.82. The number of anilines is 1. The molecule has 0 unspecified atom stereocenters. The number of amides is 1. The topological polar surface area (TPSA) is 65.1 Å². The predicted molar refractivity (Wildman–Crippen MR) is 89.8 cm³/mol. The third-order valence-electron chi connectivity index (χ3n) is 5.82. The Kier molecular flexibility index (Phi) is 4.43. The van der Waals surface area contributed by atoms with Crippen LogP contribution in [0.2, 0.25) is 0 Å². The maximum absolute atomic E-state index is 13.6. The first-order valence-electron chi connectivity index (χ1n) is 9.00. The second kappa shape index (κ2) is 6.53. The van der Waals surface area contributed by atoms with Crippen molar-refractivity contribution in [3.63, 3.8) is 0 Å². The highest BCUT2D eigenvalue weighted by atomic mass is 19.1. The summed E-state index contributed by atoms with van der Waals surface area (Å²) in [7, 11) is 1.31. The summed E-state index contributed by atoms with van der Waals surface area (Å²) >= 11 is 0. The molecule has 3 fully saturated rings. The van der Waals surface area contributed by atoms with Crippen molar-refractivity contribution in [2.45, 2.75) is 31.5 Å². The van der Waals surface area contributed by atoms with E-state index in [1.807, 2.05) is 0 Å². The van der Waals surface area contributed by atoms with Crippen LogP contribution in [-0.4, -0.2) is 44.5 Å². The van der Waals surface area contributed by atoms with Gasteiger partial charge in [-0.15, -0.1) is 0 Å². The van der Waals surface area contributed by atoms with E-state index in [4.69, 9.17) is 14.2 Å². The van der Waals surface area contributed by atoms with E-state index in [1.54, 1.807) is 0 Å². The minimum absolute atomic E-state index is 0.178. The molecular formula is C19H21F2NO5. The zero-order valence-corrected chi connectivity index (χ0v) is 15.0. The van der Waals surface area contributed by atoms with Gasteiger partial charge in [-0.1, -0.05) is 0 Å². The number of carbonyl (C=O) groups excluding carboxylic acids is 2. The molecular weight excluding hydrogens is 360 g/mol. The Balaban J connectivity index is 1.66. The second-order valence-corrected chi connectivity index (χ2v) is 7.53. The van der Waals surface area contributed by atoms with Gasteiger partial charge in [0.2, 0.25) is 5.91 Å². The molecule has 4 rings (SSSR count). The van der Waals surface area contributed by atoms with Gasteiger partial charge in [0.1, 0.15) is 11.6 Å². The smallest absolute Gasteiger partial charge is 0.308 e. The van der Waals surface area contributed by atoms with E-state index in [-0.39, 0.29) is 11.6 Å². The minimum Gasteiger partial charge on any atom is -0.469 e. The molecule has 0 radical (unpaired) electrons. The van der Waals surface area contributed by atoms with Crippen LogP contribution in [0, 0.1) is 23.0 Å². The highest BCUT2D eigenvalue weighted by Crippen LogP contribution is 2.53. The van der Waals surface area contributed by atoms with Crippen LogP contribution in [0.1, 0.15) is 25.7 Å². The summed E-state index contributed by atoms with van der Waals surface area (Å²) in [6, 6.07) is 3.04. The fourth-order valence-electron chi connectivity index (χ4n) is 4.74. The Morgan fingerprint density at radius 3 is 2.48 bits per heavy atom. The van der Waals surface area contributed by atoms with Crippen LogP contribution in [0.3, 0.4) is 0 Å². The van der Waals surface area contributed by atoms with E-state index in [2.05, 4.69) is 0 Å². The zero-order chi connectivity index (χ0) is 19.2. The van der Waals surface area contributed by atoms with Gasteiger partial charge in [0, 0.05) is 31.1 Å². The van der Waals surface area contributed by atoms with Crippen LogP contribution >= 0.6 is 0 Å². The van der Waals surface area contributed by atoms with Gasteiger partial charge < -0.3 is 19.1 Å². The Bertz CT molecular complexity index is 759. The normalized spacial score (nSPS) is 29.7. The number of hydrogen-bond donors (Lipinski definition) is 0. The van der Waals surface area contributed by atoms with Crippen molar-refractivity contribution in [2.75, 3.05) is 31.8 Å². The maximum Gasteiger partial charge on any atom is 0.308 e. The highest BCUT2D eigenvalue weighted by Gasteiger charge is 2.59. The molecule has 2 aliphatic heterocycles. The van der Waals surface area contributed by atoms with Crippen molar-refractivity contribution in [1.82, 2.24) is 0 Å². The van der Waals surface area contributed by atoms with Gasteiger partial charge in [-0.3, -0.25) is 9.59 Å². The molecule has 2 spiro atoms. The van der Waals surface area contributed by atoms with Gasteiger partial charge >= 0.3 is 5.97 Å². The molecule has 1 saturated carbocycles. The van der Waals surface area contributed by atoms with E-state index < -0.39 is 34.7 Å². The Morgan fingerprint density at radius 2 is 1.85 bits per heavy atom. The van der Waals surface area contributed by atoms with E-state index >= 15 is 0 Å². The van der Waals surface area contributed by atoms with Crippen LogP contribution in [-0.2, 0) is 23.8 Å². The predicted octanol–water partition coefficient (Wildman–Crippen LogP) is 2.40. The molecule has 0 bridgehead atoms. The maximum atomic E-state index is 13.6. The molecule has 2 atom stereocenters. The van der Waals surface area contributed by atoms with Gasteiger partial charge in [-0.25, -0.2) is 8.78 Å². The SMILES string of the molecule is COC(=O)[C@@H]1CC2(C[C@]3(CCN(c4cc(F)cc(F)c4)C3=O)C1)OCCO2. The van der Waals surface area contributed by atoms with Crippen LogP contribution in [0.4, 0.5) is 14.5 Å². The molecule has 1 amide bonds. The highest BCUT2D eigenvalue weighted by molar-refractivity contribution is 6.00. The first-order valence-corrected chi connectivity index (χ1v) is 9.00. The molecule has 3 aliphatic rings. The zero-order valence-electron chi connectivity index (χ0n) is 15.0. The molecule has 1 aromatic carbocycles. The van der Waals surface area contributed by atoms with Crippen molar-refractivity contribution >= 4 is 17.6 Å². The van der Waals surface area contributed by atoms with Crippen LogP contribution < -0.4 is 4.90 Å². The number of benzene rings is 1. The summed E-state index contributed by atoms with van der Waals surface area (Å²) in [5.41, 5.74) is -0.707. The second-order valence-electron chi connectivity index (χ2n) is 7.53. The molecule has 146 valence electrons. The summed E-state index contributed by atoms with van der Waals surface area (Å²) < 4.78 is 43.7. The number of rotatable bonds is 2. The quantitative estimate of drug-likeness (QED) is 0.736. The van der Waals surface area contributed by atoms with E-state index in [0.29, 0.717) is 45.4 Å². The molecule has 0 N–H and O–H groups in total. The lowest BCUT2D eigenvalue weighted by atomic mass is 9.66. The fourth-order valence-corrected chi connectivity index (χ4v) is 4.74. The average Bonchev–Trinajstić information content (AvgIpc) is 3.18. The standard InChI is InChI=1S/C19H21F2NO5/c1-25-16(23)12-9-18(11-19(10-12)26-4-5-27-19)2-3-22(17(18)24)15-7-13(20)6-14(21)8-15/h6-8,12H,2-5,9-11H2,1H3/t12-,18-/m0/s1. The number of nitrogens with zero attached hydrogens (tertiary/aromatic N) is 1. The van der Waals surface area contributed by atoms with Crippen LogP contribution in [0.5, 0.6) is 0 Å². The molecule has 1 aliphatic carbocycles. The van der Waals surface area contributed by atoms with Crippen molar-refractivity contribution in [1.29, 1.82) is 0 Å². The van der Waals surface area contributed by atoms with Gasteiger partial charge in [0.15, 0.2) is 5.79 Å². The average molecular weight is 381 g/mol. The van der Waals surface area contributed by atoms with E-state index in [9.17, 15) is 18.4 Å². The van der Waals surface area contributed by atoms with Crippen LogP contribution in [0.15, 0.2) is 18.2 Å². The molecule has 0 aromatic heterocycles. The summed E-state index contributed by atoms with van der Waals surface area (Å²) in [5, 5.41) is 0. The first-order chi connectivity index (χ1) is 12.9. The molecule has 1 aromatic rings. The first kappa shape index (κ1) is 18.3.